The van der Waals surface area contributed by atoms with Crippen molar-refractivity contribution in [1.29, 1.82) is 0 Å². The summed E-state index contributed by atoms with van der Waals surface area (Å²) in [5.41, 5.74) is 2.10. The second kappa shape index (κ2) is 5.38. The molecule has 1 aromatic rings. The molecule has 0 radical (unpaired) electrons. The van der Waals surface area contributed by atoms with E-state index >= 15 is 0 Å². The zero-order valence-electron chi connectivity index (χ0n) is 11.0. The van der Waals surface area contributed by atoms with Crippen molar-refractivity contribution < 1.29 is 4.79 Å². The molecule has 98 valence electrons. The molecule has 1 unspecified atom stereocenters. The van der Waals surface area contributed by atoms with Gasteiger partial charge in [0.1, 0.15) is 5.56 Å². The number of aryl methyl sites for hydroxylation is 1. The molecule has 2 rings (SSSR count). The molecule has 18 heavy (non-hydrogen) atoms. The first-order valence-corrected chi connectivity index (χ1v) is 6.65. The zero-order chi connectivity index (χ0) is 13.1. The minimum absolute atomic E-state index is 0.247. The molecule has 1 aromatic heterocycles. The SMILES string of the molecule is CCCNC(=O)c1cc2c([nH]c1=O)CCC(C)C2. The van der Waals surface area contributed by atoms with E-state index in [-0.39, 0.29) is 17.0 Å². The highest BCUT2D eigenvalue weighted by atomic mass is 16.2. The van der Waals surface area contributed by atoms with Crippen LogP contribution in [-0.2, 0) is 12.8 Å². The fraction of sp³-hybridized carbons (Fsp3) is 0.571. The van der Waals surface area contributed by atoms with E-state index in [1.807, 2.05) is 6.92 Å². The summed E-state index contributed by atoms with van der Waals surface area (Å²) >= 11 is 0. The molecule has 1 heterocycles. The smallest absolute Gasteiger partial charge is 0.261 e. The van der Waals surface area contributed by atoms with E-state index in [9.17, 15) is 9.59 Å². The maximum Gasteiger partial charge on any atom is 0.261 e. The fourth-order valence-corrected chi connectivity index (χ4v) is 2.39. The van der Waals surface area contributed by atoms with Crippen LogP contribution in [0.1, 0.15) is 48.3 Å². The number of nitrogens with one attached hydrogen (secondary N) is 2. The molecule has 1 aliphatic rings. The quantitative estimate of drug-likeness (QED) is 0.854. The van der Waals surface area contributed by atoms with Gasteiger partial charge in [0.2, 0.25) is 0 Å². The van der Waals surface area contributed by atoms with Crippen LogP contribution < -0.4 is 10.9 Å². The average Bonchev–Trinajstić information content (AvgIpc) is 2.35. The van der Waals surface area contributed by atoms with Gasteiger partial charge in [-0.15, -0.1) is 0 Å². The second-order valence-corrected chi connectivity index (χ2v) is 5.12. The number of amides is 1. The van der Waals surface area contributed by atoms with Gasteiger partial charge in [0, 0.05) is 12.2 Å². The van der Waals surface area contributed by atoms with Crippen LogP contribution in [0.5, 0.6) is 0 Å². The summed E-state index contributed by atoms with van der Waals surface area (Å²) in [6.07, 6.45) is 3.82. The van der Waals surface area contributed by atoms with Gasteiger partial charge < -0.3 is 10.3 Å². The molecule has 1 atom stereocenters. The molecule has 2 N–H and O–H groups in total. The van der Waals surface area contributed by atoms with Gasteiger partial charge in [-0.1, -0.05) is 13.8 Å². The van der Waals surface area contributed by atoms with Gasteiger partial charge in [-0.3, -0.25) is 9.59 Å². The maximum atomic E-state index is 11.9. The molecule has 0 bridgehead atoms. The van der Waals surface area contributed by atoms with Crippen molar-refractivity contribution in [3.05, 3.63) is 33.2 Å². The van der Waals surface area contributed by atoms with Gasteiger partial charge in [-0.05, 0) is 43.2 Å². The molecule has 0 saturated heterocycles. The highest BCUT2D eigenvalue weighted by molar-refractivity contribution is 5.94. The van der Waals surface area contributed by atoms with Gasteiger partial charge >= 0.3 is 0 Å². The van der Waals surface area contributed by atoms with Crippen LogP contribution in [0.15, 0.2) is 10.9 Å². The van der Waals surface area contributed by atoms with Crippen LogP contribution in [-0.4, -0.2) is 17.4 Å². The predicted octanol–water partition coefficient (Wildman–Crippen LogP) is 1.64. The average molecular weight is 248 g/mol. The van der Waals surface area contributed by atoms with Crippen LogP contribution in [0.4, 0.5) is 0 Å². The number of hydrogen-bond donors (Lipinski definition) is 2. The molecule has 1 amide bonds. The zero-order valence-corrected chi connectivity index (χ0v) is 11.0. The first-order valence-electron chi connectivity index (χ1n) is 6.65. The monoisotopic (exact) mass is 248 g/mol. The molecular formula is C14H20N2O2. The number of fused-ring (bicyclic) bond motifs is 1. The van der Waals surface area contributed by atoms with Crippen molar-refractivity contribution in [2.24, 2.45) is 5.92 Å². The normalized spacial score (nSPS) is 18.2. The Labute approximate surface area is 107 Å². The molecule has 0 aromatic carbocycles. The second-order valence-electron chi connectivity index (χ2n) is 5.12. The van der Waals surface area contributed by atoms with Crippen LogP contribution in [0.2, 0.25) is 0 Å². The van der Waals surface area contributed by atoms with Gasteiger partial charge in [-0.2, -0.15) is 0 Å². The highest BCUT2D eigenvalue weighted by Gasteiger charge is 2.19. The van der Waals surface area contributed by atoms with Crippen molar-refractivity contribution in [2.45, 2.75) is 39.5 Å². The van der Waals surface area contributed by atoms with E-state index in [4.69, 9.17) is 0 Å². The molecule has 0 spiro atoms. The standard InChI is InChI=1S/C14H20N2O2/c1-3-6-15-13(17)11-8-10-7-9(2)4-5-12(10)16-14(11)18/h8-9H,3-7H2,1-2H3,(H,15,17)(H,16,18). The van der Waals surface area contributed by atoms with Crippen molar-refractivity contribution in [3.8, 4) is 0 Å². The summed E-state index contributed by atoms with van der Waals surface area (Å²) in [5.74, 6) is 0.356. The highest BCUT2D eigenvalue weighted by Crippen LogP contribution is 2.23. The van der Waals surface area contributed by atoms with Crippen LogP contribution in [0.25, 0.3) is 0 Å². The lowest BCUT2D eigenvalue weighted by Gasteiger charge is -2.21. The van der Waals surface area contributed by atoms with E-state index in [0.717, 1.165) is 36.9 Å². The first kappa shape index (κ1) is 12.9. The van der Waals surface area contributed by atoms with Crippen molar-refractivity contribution in [1.82, 2.24) is 10.3 Å². The Morgan fingerprint density at radius 3 is 3.06 bits per heavy atom. The lowest BCUT2D eigenvalue weighted by atomic mass is 9.87. The van der Waals surface area contributed by atoms with Crippen LogP contribution >= 0.6 is 0 Å². The summed E-state index contributed by atoms with van der Waals surface area (Å²) in [6.45, 7) is 4.79. The predicted molar refractivity (Wildman–Crippen MR) is 70.9 cm³/mol. The largest absolute Gasteiger partial charge is 0.352 e. The van der Waals surface area contributed by atoms with E-state index in [2.05, 4.69) is 17.2 Å². The number of aromatic amines is 1. The third-order valence-corrected chi connectivity index (χ3v) is 3.45. The molecule has 1 aliphatic carbocycles. The molecule has 4 heteroatoms. The minimum atomic E-state index is -0.267. The summed E-state index contributed by atoms with van der Waals surface area (Å²) in [4.78, 5) is 26.6. The van der Waals surface area contributed by atoms with Gasteiger partial charge in [0.15, 0.2) is 0 Å². The number of hydrogen-bond acceptors (Lipinski definition) is 2. The summed E-state index contributed by atoms with van der Waals surface area (Å²) in [5, 5.41) is 2.75. The first-order chi connectivity index (χ1) is 8.61. The van der Waals surface area contributed by atoms with Gasteiger partial charge in [0.25, 0.3) is 11.5 Å². The van der Waals surface area contributed by atoms with E-state index < -0.39 is 0 Å². The Balaban J connectivity index is 2.29. The van der Waals surface area contributed by atoms with Crippen molar-refractivity contribution in [3.63, 3.8) is 0 Å². The van der Waals surface area contributed by atoms with Gasteiger partial charge in [0.05, 0.1) is 0 Å². The molecule has 0 fully saturated rings. The molecule has 4 nitrogen and oxygen atoms in total. The summed E-state index contributed by atoms with van der Waals surface area (Å²) in [7, 11) is 0. The minimum Gasteiger partial charge on any atom is -0.352 e. The fourth-order valence-electron chi connectivity index (χ4n) is 2.39. The topological polar surface area (TPSA) is 62.0 Å². The third kappa shape index (κ3) is 2.63. The lowest BCUT2D eigenvalue weighted by molar-refractivity contribution is 0.0952. The Hall–Kier alpha value is -1.58. The molecule has 0 aliphatic heterocycles. The van der Waals surface area contributed by atoms with Gasteiger partial charge in [-0.25, -0.2) is 0 Å². The molecule has 0 saturated carbocycles. The van der Waals surface area contributed by atoms with Crippen molar-refractivity contribution in [2.75, 3.05) is 6.54 Å². The van der Waals surface area contributed by atoms with E-state index in [0.29, 0.717) is 12.5 Å². The maximum absolute atomic E-state index is 11.9. The van der Waals surface area contributed by atoms with E-state index in [1.54, 1.807) is 6.07 Å². The Morgan fingerprint density at radius 2 is 2.33 bits per heavy atom. The van der Waals surface area contributed by atoms with Crippen LogP contribution in [0.3, 0.4) is 0 Å². The number of carbonyl (C=O) groups excluding carboxylic acids is 1. The third-order valence-electron chi connectivity index (χ3n) is 3.45. The summed E-state index contributed by atoms with van der Waals surface area (Å²) in [6, 6.07) is 1.77. The Morgan fingerprint density at radius 1 is 1.56 bits per heavy atom. The lowest BCUT2D eigenvalue weighted by Crippen LogP contribution is -2.31. The Bertz CT molecular complexity index is 505. The summed E-state index contributed by atoms with van der Waals surface area (Å²) < 4.78 is 0. The van der Waals surface area contributed by atoms with Crippen molar-refractivity contribution >= 4 is 5.91 Å². The van der Waals surface area contributed by atoms with Crippen LogP contribution in [0, 0.1) is 5.92 Å². The number of rotatable bonds is 3. The molecular weight excluding hydrogens is 228 g/mol. The number of aromatic nitrogens is 1. The number of H-pyrrole nitrogens is 1. The number of carbonyl (C=O) groups is 1. The number of pyridine rings is 1. The Kier molecular flexibility index (Phi) is 3.84. The van der Waals surface area contributed by atoms with E-state index in [1.165, 1.54) is 0 Å².